The van der Waals surface area contributed by atoms with Crippen molar-refractivity contribution in [2.24, 2.45) is 5.41 Å². The zero-order valence-corrected chi connectivity index (χ0v) is 22.4. The minimum atomic E-state index is -1.75. The Morgan fingerprint density at radius 3 is 2.22 bits per heavy atom. The summed E-state index contributed by atoms with van der Waals surface area (Å²) in [6.45, 7) is 14.0. The lowest BCUT2D eigenvalue weighted by molar-refractivity contribution is -0.151. The highest BCUT2D eigenvalue weighted by atomic mass is 32.1. The van der Waals surface area contributed by atoms with Crippen molar-refractivity contribution in [1.29, 1.82) is 0 Å². The third-order valence-corrected chi connectivity index (χ3v) is 6.42. The smallest absolute Gasteiger partial charge is 0.328 e. The van der Waals surface area contributed by atoms with Crippen molar-refractivity contribution in [3.8, 4) is 11.3 Å². The van der Waals surface area contributed by atoms with Gasteiger partial charge in [-0.2, -0.15) is 0 Å². The van der Waals surface area contributed by atoms with E-state index < -0.39 is 47.0 Å². The van der Waals surface area contributed by atoms with Crippen molar-refractivity contribution in [1.82, 2.24) is 20.2 Å². The fourth-order valence-corrected chi connectivity index (χ4v) is 5.17. The Labute approximate surface area is 213 Å². The molecule has 2 fully saturated rings. The predicted molar refractivity (Wildman–Crippen MR) is 134 cm³/mol. The Balaban J connectivity index is 0.000000710. The lowest BCUT2D eigenvalue weighted by Gasteiger charge is -2.54. The number of anilines is 1. The van der Waals surface area contributed by atoms with E-state index in [9.17, 15) is 18.8 Å². The molecular formula is C24H33F2N5O4S. The van der Waals surface area contributed by atoms with Crippen LogP contribution in [0.1, 0.15) is 54.0 Å². The summed E-state index contributed by atoms with van der Waals surface area (Å²) in [6, 6.07) is -0.455. The lowest BCUT2D eigenvalue weighted by Crippen LogP contribution is -2.74. The van der Waals surface area contributed by atoms with Crippen molar-refractivity contribution >= 4 is 35.1 Å². The second kappa shape index (κ2) is 12.3. The molecule has 9 nitrogen and oxygen atoms in total. The van der Waals surface area contributed by atoms with E-state index >= 15 is 4.39 Å². The summed E-state index contributed by atoms with van der Waals surface area (Å²) in [4.78, 5) is 39.2. The highest BCUT2D eigenvalue weighted by Crippen LogP contribution is 2.48. The highest BCUT2D eigenvalue weighted by Gasteiger charge is 2.62. The SMILES string of the molecule is CC.CC.CC.C[C@@H]1OCCN2c3c(cc(-c4csnn4)c(F)c3F)CC3(C(=O)NC(=O)NC3=O)C12. The molecule has 3 aliphatic rings. The Morgan fingerprint density at radius 2 is 1.67 bits per heavy atom. The van der Waals surface area contributed by atoms with Crippen molar-refractivity contribution in [2.45, 2.75) is 67.0 Å². The first-order valence-corrected chi connectivity index (χ1v) is 13.0. The summed E-state index contributed by atoms with van der Waals surface area (Å²) in [5, 5.41) is 9.56. The molecule has 1 aromatic carbocycles. The van der Waals surface area contributed by atoms with Gasteiger partial charge in [-0.05, 0) is 30.1 Å². The van der Waals surface area contributed by atoms with Gasteiger partial charge in [0.15, 0.2) is 17.0 Å². The van der Waals surface area contributed by atoms with Gasteiger partial charge in [0.05, 0.1) is 24.4 Å². The molecule has 4 heterocycles. The van der Waals surface area contributed by atoms with E-state index in [4.69, 9.17) is 4.74 Å². The fraction of sp³-hybridized carbons (Fsp3) is 0.542. The first-order chi connectivity index (χ1) is 17.3. The van der Waals surface area contributed by atoms with E-state index in [0.717, 1.165) is 11.5 Å². The number of barbiturate groups is 1. The number of rotatable bonds is 1. The number of ether oxygens (including phenoxy) is 1. The van der Waals surface area contributed by atoms with Crippen LogP contribution in [0.3, 0.4) is 0 Å². The van der Waals surface area contributed by atoms with Crippen LogP contribution in [0.15, 0.2) is 11.4 Å². The molecule has 2 aromatic rings. The number of aromatic nitrogens is 2. The summed E-state index contributed by atoms with van der Waals surface area (Å²) in [7, 11) is 0. The average Bonchev–Trinajstić information content (AvgIpc) is 3.43. The number of hydrogen-bond acceptors (Lipinski definition) is 8. The first kappa shape index (κ1) is 29.2. The molecule has 0 saturated carbocycles. The quantitative estimate of drug-likeness (QED) is 0.540. The maximum Gasteiger partial charge on any atom is 0.328 e. The second-order valence-electron chi connectivity index (χ2n) is 7.45. The van der Waals surface area contributed by atoms with Crippen molar-refractivity contribution in [2.75, 3.05) is 18.1 Å². The molecule has 5 rings (SSSR count). The van der Waals surface area contributed by atoms with Gasteiger partial charge in [-0.3, -0.25) is 20.2 Å². The minimum Gasteiger partial charge on any atom is -0.374 e. The molecule has 3 aliphatic heterocycles. The van der Waals surface area contributed by atoms with Crippen molar-refractivity contribution in [3.05, 3.63) is 28.6 Å². The number of amides is 4. The number of carbonyl (C=O) groups is 3. The van der Waals surface area contributed by atoms with Crippen LogP contribution in [0, 0.1) is 17.0 Å². The van der Waals surface area contributed by atoms with Gasteiger partial charge in [-0.15, -0.1) is 5.10 Å². The molecule has 0 bridgehead atoms. The molecule has 1 unspecified atom stereocenters. The minimum absolute atomic E-state index is 0.0114. The van der Waals surface area contributed by atoms with Gasteiger partial charge >= 0.3 is 6.03 Å². The van der Waals surface area contributed by atoms with E-state index in [1.54, 1.807) is 6.92 Å². The molecule has 198 valence electrons. The highest BCUT2D eigenvalue weighted by molar-refractivity contribution is 7.03. The normalized spacial score (nSPS) is 21.2. The van der Waals surface area contributed by atoms with Gasteiger partial charge in [0, 0.05) is 23.9 Å². The van der Waals surface area contributed by atoms with E-state index in [-0.39, 0.29) is 42.1 Å². The molecule has 2 saturated heterocycles. The summed E-state index contributed by atoms with van der Waals surface area (Å²) in [6.07, 6.45) is -0.884. The number of urea groups is 1. The van der Waals surface area contributed by atoms with Gasteiger partial charge < -0.3 is 9.64 Å². The molecule has 36 heavy (non-hydrogen) atoms. The standard InChI is InChI=1S/C18H15F2N5O4S.3C2H6/c1-7-14-18(15(26)21-17(28)22-16(18)27)5-8-4-9(10-6-30-24-23-10)11(19)12(20)13(8)25(14)2-3-29-7;3*1-2/h4,6-7,14H,2-3,5H2,1H3,(H2,21,22,26,27,28);3*1-2H3/t7-,14?;;;/m0.../s1. The van der Waals surface area contributed by atoms with E-state index in [1.807, 2.05) is 41.5 Å². The molecule has 1 spiro atoms. The van der Waals surface area contributed by atoms with Crippen LogP contribution in [0.5, 0.6) is 0 Å². The summed E-state index contributed by atoms with van der Waals surface area (Å²) in [5.41, 5.74) is -1.45. The Bertz CT molecular complexity index is 1080. The van der Waals surface area contributed by atoms with Gasteiger partial charge in [0.2, 0.25) is 11.8 Å². The summed E-state index contributed by atoms with van der Waals surface area (Å²) < 4.78 is 39.6. The molecule has 1 aromatic heterocycles. The van der Waals surface area contributed by atoms with Crippen LogP contribution >= 0.6 is 11.5 Å². The topological polar surface area (TPSA) is 114 Å². The molecule has 4 amide bonds. The van der Waals surface area contributed by atoms with Crippen LogP contribution < -0.4 is 15.5 Å². The molecule has 2 N–H and O–H groups in total. The van der Waals surface area contributed by atoms with Gasteiger partial charge in [0.1, 0.15) is 5.69 Å². The zero-order chi connectivity index (χ0) is 27.2. The van der Waals surface area contributed by atoms with Gasteiger partial charge in [-0.25, -0.2) is 13.6 Å². The number of carbonyl (C=O) groups excluding carboxylic acids is 3. The summed E-state index contributed by atoms with van der Waals surface area (Å²) >= 11 is 0.985. The molecule has 0 radical (unpaired) electrons. The number of hydrogen-bond donors (Lipinski definition) is 2. The number of benzene rings is 1. The monoisotopic (exact) mass is 525 g/mol. The molecule has 0 aliphatic carbocycles. The van der Waals surface area contributed by atoms with Crippen LogP contribution in [0.4, 0.5) is 19.3 Å². The third-order valence-electron chi connectivity index (χ3n) is 5.92. The van der Waals surface area contributed by atoms with Crippen LogP contribution in [0.25, 0.3) is 11.3 Å². The molecule has 12 heteroatoms. The molecule has 2 atom stereocenters. The number of morpholine rings is 1. The molecular weight excluding hydrogens is 492 g/mol. The second-order valence-corrected chi connectivity index (χ2v) is 8.06. The largest absolute Gasteiger partial charge is 0.374 e. The predicted octanol–water partition coefficient (Wildman–Crippen LogP) is 4.06. The average molecular weight is 526 g/mol. The van der Waals surface area contributed by atoms with E-state index in [2.05, 4.69) is 20.2 Å². The fourth-order valence-electron chi connectivity index (χ4n) is 4.72. The Hall–Kier alpha value is -2.99. The van der Waals surface area contributed by atoms with Crippen molar-refractivity contribution in [3.63, 3.8) is 0 Å². The van der Waals surface area contributed by atoms with Crippen LogP contribution in [-0.4, -0.2) is 52.7 Å². The number of halogens is 2. The Kier molecular flexibility index (Phi) is 10.00. The van der Waals surface area contributed by atoms with Crippen LogP contribution in [0.2, 0.25) is 0 Å². The number of fused-ring (bicyclic) bond motifs is 4. The number of nitrogens with one attached hydrogen (secondary N) is 2. The Morgan fingerprint density at radius 1 is 1.06 bits per heavy atom. The summed E-state index contributed by atoms with van der Waals surface area (Å²) in [5.74, 6) is -3.76. The first-order valence-electron chi connectivity index (χ1n) is 12.2. The van der Waals surface area contributed by atoms with Crippen LogP contribution in [-0.2, 0) is 20.7 Å². The maximum absolute atomic E-state index is 15.3. The van der Waals surface area contributed by atoms with E-state index in [0.29, 0.717) is 0 Å². The number of nitrogens with zero attached hydrogens (tertiary/aromatic N) is 3. The number of imide groups is 2. The third kappa shape index (κ3) is 4.71. The van der Waals surface area contributed by atoms with Gasteiger partial charge in [-0.1, -0.05) is 46.0 Å². The van der Waals surface area contributed by atoms with E-state index in [1.165, 1.54) is 16.3 Å². The maximum atomic E-state index is 15.3. The lowest BCUT2D eigenvalue weighted by atomic mass is 9.66. The van der Waals surface area contributed by atoms with Crippen molar-refractivity contribution < 1.29 is 27.9 Å². The van der Waals surface area contributed by atoms with Gasteiger partial charge in [0.25, 0.3) is 0 Å². The zero-order valence-electron chi connectivity index (χ0n) is 21.6.